The van der Waals surface area contributed by atoms with Crippen molar-refractivity contribution < 1.29 is 24.2 Å². The van der Waals surface area contributed by atoms with Crippen LogP contribution in [0.3, 0.4) is 0 Å². The van der Waals surface area contributed by atoms with Crippen molar-refractivity contribution in [2.45, 2.75) is 60.3 Å². The van der Waals surface area contributed by atoms with Gasteiger partial charge < -0.3 is 29.4 Å². The summed E-state index contributed by atoms with van der Waals surface area (Å²) in [6.07, 6.45) is -1.27. The molecule has 10 nitrogen and oxygen atoms in total. The summed E-state index contributed by atoms with van der Waals surface area (Å²) in [6.45, 7) is 11.4. The number of aryl methyl sites for hydroxylation is 1. The van der Waals surface area contributed by atoms with Crippen molar-refractivity contribution >= 4 is 23.0 Å². The molecule has 3 aromatic rings. The number of aliphatic hydroxyl groups excluding tert-OH is 1. The van der Waals surface area contributed by atoms with Crippen LogP contribution in [-0.2, 0) is 29.1 Å². The summed E-state index contributed by atoms with van der Waals surface area (Å²) >= 11 is 0. The number of hydrogen-bond acceptors (Lipinski definition) is 8. The Kier molecular flexibility index (Phi) is 9.82. The van der Waals surface area contributed by atoms with Gasteiger partial charge in [-0.2, -0.15) is 0 Å². The Hall–Kier alpha value is -3.76. The van der Waals surface area contributed by atoms with E-state index in [2.05, 4.69) is 5.32 Å². The van der Waals surface area contributed by atoms with E-state index in [0.29, 0.717) is 48.7 Å². The van der Waals surface area contributed by atoms with E-state index >= 15 is 0 Å². The SMILES string of the molecule is CC.CC.CCc1c2c(nc3ccc(OC(=O)N(C)CCNC)cc13)-c1cc3c(c(=O)n1C2)COC(=O)C3O. The number of amides is 1. The summed E-state index contributed by atoms with van der Waals surface area (Å²) in [5.74, 6) is -0.350. The second-order valence-electron chi connectivity index (χ2n) is 8.71. The fraction of sp³-hybridized carbons (Fsp3) is 0.448. The van der Waals surface area contributed by atoms with Crippen LogP contribution in [0.2, 0.25) is 0 Å². The Morgan fingerprint density at radius 3 is 2.59 bits per heavy atom. The highest BCUT2D eigenvalue weighted by molar-refractivity contribution is 5.90. The molecule has 2 N–H and O–H groups in total. The molecule has 0 saturated heterocycles. The fourth-order valence-corrected chi connectivity index (χ4v) is 4.70. The summed E-state index contributed by atoms with van der Waals surface area (Å²) in [7, 11) is 3.49. The number of carbonyl (C=O) groups is 2. The number of fused-ring (bicyclic) bond motifs is 5. The third-order valence-corrected chi connectivity index (χ3v) is 6.61. The number of aromatic nitrogens is 2. The number of esters is 1. The molecule has 1 amide bonds. The number of benzene rings is 1. The molecular weight excluding hydrogens is 500 g/mol. The zero-order valence-electron chi connectivity index (χ0n) is 23.8. The lowest BCUT2D eigenvalue weighted by Gasteiger charge is -2.21. The van der Waals surface area contributed by atoms with Gasteiger partial charge in [0.2, 0.25) is 0 Å². The van der Waals surface area contributed by atoms with Gasteiger partial charge in [-0.3, -0.25) is 4.79 Å². The average Bonchev–Trinajstić information content (AvgIpc) is 3.33. The number of carbonyl (C=O) groups excluding carboxylic acids is 2. The summed E-state index contributed by atoms with van der Waals surface area (Å²) < 4.78 is 12.1. The van der Waals surface area contributed by atoms with Crippen LogP contribution in [0.15, 0.2) is 29.1 Å². The van der Waals surface area contributed by atoms with E-state index in [1.54, 1.807) is 35.9 Å². The van der Waals surface area contributed by atoms with Crippen LogP contribution in [-0.4, -0.2) is 58.8 Å². The van der Waals surface area contributed by atoms with Crippen molar-refractivity contribution in [2.24, 2.45) is 0 Å². The van der Waals surface area contributed by atoms with E-state index in [1.165, 1.54) is 4.90 Å². The maximum absolute atomic E-state index is 13.2. The van der Waals surface area contributed by atoms with Crippen LogP contribution in [0.4, 0.5) is 4.79 Å². The lowest BCUT2D eigenvalue weighted by Crippen LogP contribution is -2.34. The Bertz CT molecular complexity index is 1430. The molecule has 0 aliphatic carbocycles. The molecule has 1 atom stereocenters. The monoisotopic (exact) mass is 538 g/mol. The van der Waals surface area contributed by atoms with Gasteiger partial charge in [-0.1, -0.05) is 34.6 Å². The third kappa shape index (κ3) is 5.53. The lowest BCUT2D eigenvalue weighted by molar-refractivity contribution is -0.157. The van der Waals surface area contributed by atoms with Crippen molar-refractivity contribution in [3.8, 4) is 17.1 Å². The minimum absolute atomic E-state index is 0.159. The zero-order chi connectivity index (χ0) is 28.9. The number of rotatable bonds is 5. The molecule has 39 heavy (non-hydrogen) atoms. The Morgan fingerprint density at radius 1 is 1.21 bits per heavy atom. The summed E-state index contributed by atoms with van der Waals surface area (Å²) in [5, 5.41) is 14.1. The van der Waals surface area contributed by atoms with Crippen molar-refractivity contribution in [3.63, 3.8) is 0 Å². The number of nitrogens with zero attached hydrogens (tertiary/aromatic N) is 3. The van der Waals surface area contributed by atoms with Crippen LogP contribution < -0.4 is 15.6 Å². The predicted octanol–water partition coefficient (Wildman–Crippen LogP) is 3.78. The average molecular weight is 539 g/mol. The first-order valence-electron chi connectivity index (χ1n) is 13.5. The Labute approximate surface area is 228 Å². The van der Waals surface area contributed by atoms with E-state index in [4.69, 9.17) is 14.5 Å². The number of hydrogen-bond donors (Lipinski definition) is 2. The molecule has 0 radical (unpaired) electrons. The maximum Gasteiger partial charge on any atom is 0.415 e. The molecular formula is C29H38N4O6. The molecule has 2 aliphatic heterocycles. The number of pyridine rings is 2. The minimum Gasteiger partial charge on any atom is -0.458 e. The number of cyclic esters (lactones) is 1. The van der Waals surface area contributed by atoms with Crippen molar-refractivity contribution in [1.82, 2.24) is 19.8 Å². The Balaban J connectivity index is 0.00000100. The molecule has 0 bridgehead atoms. The van der Waals surface area contributed by atoms with Crippen molar-refractivity contribution in [1.29, 1.82) is 0 Å². The normalized spacial score (nSPS) is 14.6. The Morgan fingerprint density at radius 2 is 1.92 bits per heavy atom. The van der Waals surface area contributed by atoms with Gasteiger partial charge in [0.05, 0.1) is 29.0 Å². The van der Waals surface area contributed by atoms with E-state index in [0.717, 1.165) is 16.5 Å². The molecule has 1 aromatic carbocycles. The lowest BCUT2D eigenvalue weighted by atomic mass is 9.97. The summed E-state index contributed by atoms with van der Waals surface area (Å²) in [5.41, 5.74) is 4.07. The number of ether oxygens (including phenoxy) is 2. The highest BCUT2D eigenvalue weighted by Gasteiger charge is 2.34. The summed E-state index contributed by atoms with van der Waals surface area (Å²) in [4.78, 5) is 43.8. The van der Waals surface area contributed by atoms with Crippen LogP contribution in [0, 0.1) is 0 Å². The second kappa shape index (κ2) is 12.9. The minimum atomic E-state index is -1.49. The van der Waals surface area contributed by atoms with Gasteiger partial charge in [0.25, 0.3) is 5.56 Å². The predicted molar refractivity (Wildman–Crippen MR) is 150 cm³/mol. The van der Waals surface area contributed by atoms with Crippen molar-refractivity contribution in [3.05, 3.63) is 56.9 Å². The van der Waals surface area contributed by atoms with Gasteiger partial charge in [-0.25, -0.2) is 14.6 Å². The van der Waals surface area contributed by atoms with Crippen LogP contribution in [0.5, 0.6) is 5.75 Å². The molecule has 5 rings (SSSR count). The smallest absolute Gasteiger partial charge is 0.415 e. The first-order chi connectivity index (χ1) is 18.8. The molecule has 2 aliphatic rings. The van der Waals surface area contributed by atoms with E-state index < -0.39 is 18.2 Å². The van der Waals surface area contributed by atoms with E-state index in [-0.39, 0.29) is 23.3 Å². The molecule has 0 spiro atoms. The van der Waals surface area contributed by atoms with Gasteiger partial charge in [-0.15, -0.1) is 0 Å². The molecule has 2 aromatic heterocycles. The molecule has 0 fully saturated rings. The standard InChI is InChI=1S/C25H26N4O6.2C2H6/c1-4-14-15-9-13(35-25(33)28(3)8-7-26-2)5-6-19(15)27-21-17(14)11-29-20(21)10-16-18(23(29)31)12-34-24(32)22(16)30;2*1-2/h5-6,9-10,22,26,30H,4,7-8,11-12H2,1-3H3;2*1-2H3. The molecule has 4 heterocycles. The van der Waals surface area contributed by atoms with Gasteiger partial charge >= 0.3 is 12.1 Å². The molecule has 0 saturated carbocycles. The number of likely N-dealkylation sites (N-methyl/N-ethyl adjacent to an activating group) is 2. The van der Waals surface area contributed by atoms with Gasteiger partial charge in [0.1, 0.15) is 12.4 Å². The highest BCUT2D eigenvalue weighted by Crippen LogP contribution is 2.38. The van der Waals surface area contributed by atoms with E-state index in [1.807, 2.05) is 41.7 Å². The highest BCUT2D eigenvalue weighted by atomic mass is 16.6. The topological polar surface area (TPSA) is 123 Å². The number of nitrogens with one attached hydrogen (secondary N) is 1. The van der Waals surface area contributed by atoms with Gasteiger partial charge in [0.15, 0.2) is 6.10 Å². The van der Waals surface area contributed by atoms with Crippen molar-refractivity contribution in [2.75, 3.05) is 27.2 Å². The van der Waals surface area contributed by atoms with Gasteiger partial charge in [0, 0.05) is 36.7 Å². The zero-order valence-corrected chi connectivity index (χ0v) is 23.8. The van der Waals surface area contributed by atoms with Crippen LogP contribution in [0.25, 0.3) is 22.3 Å². The molecule has 1 unspecified atom stereocenters. The van der Waals surface area contributed by atoms with Gasteiger partial charge in [-0.05, 0) is 43.3 Å². The molecule has 10 heteroatoms. The fourth-order valence-electron chi connectivity index (χ4n) is 4.70. The molecule has 210 valence electrons. The summed E-state index contributed by atoms with van der Waals surface area (Å²) in [6, 6.07) is 6.96. The first kappa shape index (κ1) is 29.8. The van der Waals surface area contributed by atoms with Crippen LogP contribution >= 0.6 is 0 Å². The first-order valence-corrected chi connectivity index (χ1v) is 13.5. The quantitative estimate of drug-likeness (QED) is 0.368. The largest absolute Gasteiger partial charge is 0.458 e. The van der Waals surface area contributed by atoms with E-state index in [9.17, 15) is 19.5 Å². The van der Waals surface area contributed by atoms with Crippen LogP contribution in [0.1, 0.15) is 63.0 Å². The third-order valence-electron chi connectivity index (χ3n) is 6.61. The number of aliphatic hydroxyl groups is 1. The maximum atomic E-state index is 13.2. The second-order valence-corrected chi connectivity index (χ2v) is 8.71.